The van der Waals surface area contributed by atoms with E-state index in [2.05, 4.69) is 90.2 Å². The van der Waals surface area contributed by atoms with Gasteiger partial charge in [0.15, 0.2) is 0 Å². The molecule has 0 radical (unpaired) electrons. The molecule has 3 atom stereocenters. The largest absolute Gasteiger partial charge is 0.406 e. The van der Waals surface area contributed by atoms with Crippen LogP contribution in [0, 0.1) is 0 Å². The van der Waals surface area contributed by atoms with Gasteiger partial charge >= 0.3 is 5.69 Å². The normalized spacial score (nSPS) is 19.2. The van der Waals surface area contributed by atoms with E-state index in [1.807, 2.05) is 42.5 Å². The van der Waals surface area contributed by atoms with Crippen molar-refractivity contribution >= 4 is 52.5 Å². The van der Waals surface area contributed by atoms with Crippen LogP contribution in [0.4, 0.5) is 0 Å². The third-order valence-corrected chi connectivity index (χ3v) is 14.6. The summed E-state index contributed by atoms with van der Waals surface area (Å²) in [4.78, 5) is 29.6. The van der Waals surface area contributed by atoms with Crippen molar-refractivity contribution in [1.82, 2.24) is 9.55 Å². The maximum absolute atomic E-state index is 13.1. The number of hydrogen-bond acceptors (Lipinski definition) is 5. The Kier molecular flexibility index (Phi) is 10.1. The number of ether oxygens (including phenoxy) is 1. The first-order chi connectivity index (χ1) is 20.7. The molecule has 1 saturated heterocycles. The van der Waals surface area contributed by atoms with Gasteiger partial charge in [0.25, 0.3) is 13.9 Å². The SMILES string of the molecule is CC(C)(C)[Si](OC[C@H]1SC[C@@H](n2cc(/C=C/Br)c(=O)[nH]c2=O)[C@@H]1OCc1ccccc1)(c1ccccc1)c1ccccc1. The number of benzene rings is 3. The number of nitrogens with one attached hydrogen (secondary N) is 1. The minimum atomic E-state index is -2.77. The number of aromatic amines is 1. The van der Waals surface area contributed by atoms with E-state index in [9.17, 15) is 9.59 Å². The van der Waals surface area contributed by atoms with Crippen molar-refractivity contribution in [3.05, 3.63) is 134 Å². The Labute approximate surface area is 266 Å². The third-order valence-electron chi connectivity index (χ3n) is 7.99. The molecule has 3 aromatic carbocycles. The Morgan fingerprint density at radius 2 is 1.53 bits per heavy atom. The molecule has 1 fully saturated rings. The van der Waals surface area contributed by atoms with Crippen molar-refractivity contribution < 1.29 is 9.16 Å². The lowest BCUT2D eigenvalue weighted by molar-refractivity contribution is 0.00685. The van der Waals surface area contributed by atoms with Gasteiger partial charge in [-0.3, -0.25) is 14.3 Å². The van der Waals surface area contributed by atoms with E-state index >= 15 is 0 Å². The average molecular weight is 678 g/mol. The fraction of sp³-hybridized carbons (Fsp3) is 0.294. The molecule has 224 valence electrons. The van der Waals surface area contributed by atoms with E-state index in [-0.39, 0.29) is 22.4 Å². The molecule has 0 bridgehead atoms. The lowest BCUT2D eigenvalue weighted by atomic mass is 10.1. The van der Waals surface area contributed by atoms with Crippen LogP contribution in [-0.4, -0.2) is 41.6 Å². The van der Waals surface area contributed by atoms with Crippen molar-refractivity contribution in [2.45, 2.75) is 49.8 Å². The maximum atomic E-state index is 13.1. The zero-order valence-corrected chi connectivity index (χ0v) is 28.0. The van der Waals surface area contributed by atoms with E-state index in [1.165, 1.54) is 10.4 Å². The molecule has 0 amide bonds. The zero-order valence-electron chi connectivity index (χ0n) is 24.6. The first-order valence-electron chi connectivity index (χ1n) is 14.4. The summed E-state index contributed by atoms with van der Waals surface area (Å²) in [5, 5.41) is 2.24. The summed E-state index contributed by atoms with van der Waals surface area (Å²) >= 11 is 5.01. The fourth-order valence-electron chi connectivity index (χ4n) is 5.93. The monoisotopic (exact) mass is 676 g/mol. The predicted molar refractivity (Wildman–Crippen MR) is 183 cm³/mol. The highest BCUT2D eigenvalue weighted by Gasteiger charge is 2.51. The average Bonchev–Trinajstić information content (AvgIpc) is 3.41. The first-order valence-corrected chi connectivity index (χ1v) is 18.3. The molecule has 6 nitrogen and oxygen atoms in total. The zero-order chi connectivity index (χ0) is 30.5. The van der Waals surface area contributed by atoms with Crippen LogP contribution >= 0.6 is 27.7 Å². The van der Waals surface area contributed by atoms with Gasteiger partial charge in [-0.25, -0.2) is 4.79 Å². The van der Waals surface area contributed by atoms with Gasteiger partial charge in [0.2, 0.25) is 0 Å². The summed E-state index contributed by atoms with van der Waals surface area (Å²) in [6, 6.07) is 31.0. The van der Waals surface area contributed by atoms with Crippen molar-refractivity contribution in [2.24, 2.45) is 0 Å². The van der Waals surface area contributed by atoms with Crippen molar-refractivity contribution in [3.63, 3.8) is 0 Å². The van der Waals surface area contributed by atoms with Crippen LogP contribution in [0.25, 0.3) is 6.08 Å². The van der Waals surface area contributed by atoms with Gasteiger partial charge in [-0.2, -0.15) is 11.8 Å². The first kappa shape index (κ1) is 31.5. The van der Waals surface area contributed by atoms with Gasteiger partial charge in [-0.05, 0) is 32.0 Å². The molecule has 5 rings (SSSR count). The number of aromatic nitrogens is 2. The molecule has 0 aliphatic carbocycles. The molecule has 43 heavy (non-hydrogen) atoms. The lowest BCUT2D eigenvalue weighted by Gasteiger charge is -2.43. The molecule has 1 aliphatic rings. The van der Waals surface area contributed by atoms with E-state index < -0.39 is 19.6 Å². The highest BCUT2D eigenvalue weighted by molar-refractivity contribution is 9.11. The minimum absolute atomic E-state index is 0.0376. The number of H-pyrrole nitrogens is 1. The summed E-state index contributed by atoms with van der Waals surface area (Å²) in [5.74, 6) is 0.650. The maximum Gasteiger partial charge on any atom is 0.328 e. The smallest absolute Gasteiger partial charge is 0.328 e. The predicted octanol–water partition coefficient (Wildman–Crippen LogP) is 5.72. The topological polar surface area (TPSA) is 73.3 Å². The Hall–Kier alpha value is -2.95. The summed E-state index contributed by atoms with van der Waals surface area (Å²) in [7, 11) is -2.77. The number of rotatable bonds is 10. The molecule has 4 aromatic rings. The Balaban J connectivity index is 1.52. The summed E-state index contributed by atoms with van der Waals surface area (Å²) < 4.78 is 15.6. The van der Waals surface area contributed by atoms with Crippen LogP contribution in [0.5, 0.6) is 0 Å². The van der Waals surface area contributed by atoms with E-state index in [1.54, 1.807) is 33.6 Å². The van der Waals surface area contributed by atoms with Crippen LogP contribution in [0.2, 0.25) is 5.04 Å². The van der Waals surface area contributed by atoms with Crippen LogP contribution in [-0.2, 0) is 15.8 Å². The standard InChI is InChI=1S/C34H37BrN2O4SSi/c1-34(2,3)43(27-15-9-5-10-16-27,28-17-11-6-12-18-28)41-23-30-31(40-22-25-13-7-4-8-14-25)29(24-42-30)37-21-26(19-20-35)32(38)36-33(37)39/h4-21,29-31H,22-24H2,1-3H3,(H,36,38,39)/b20-19+/t29-,30-,31+/m1/s1. The second-order valence-corrected chi connectivity index (χ2v) is 17.8. The second-order valence-electron chi connectivity index (χ2n) is 11.7. The number of hydrogen-bond donors (Lipinski definition) is 1. The highest BCUT2D eigenvalue weighted by Crippen LogP contribution is 2.41. The van der Waals surface area contributed by atoms with Crippen LogP contribution < -0.4 is 21.6 Å². The van der Waals surface area contributed by atoms with Gasteiger partial charge in [0, 0.05) is 18.6 Å². The van der Waals surface area contributed by atoms with Crippen molar-refractivity contribution in [3.8, 4) is 0 Å². The number of nitrogens with zero attached hydrogens (tertiary/aromatic N) is 1. The molecule has 1 N–H and O–H groups in total. The highest BCUT2D eigenvalue weighted by atomic mass is 79.9. The van der Waals surface area contributed by atoms with Crippen LogP contribution in [0.3, 0.4) is 0 Å². The van der Waals surface area contributed by atoms with E-state index in [0.29, 0.717) is 24.5 Å². The summed E-state index contributed by atoms with van der Waals surface area (Å²) in [5.41, 5.74) is 0.594. The molecule has 1 aromatic heterocycles. The van der Waals surface area contributed by atoms with Gasteiger partial charge in [0.05, 0.1) is 29.6 Å². The fourth-order valence-corrected chi connectivity index (χ4v) is 12.3. The van der Waals surface area contributed by atoms with E-state index in [4.69, 9.17) is 9.16 Å². The lowest BCUT2D eigenvalue weighted by Crippen LogP contribution is -2.67. The molecule has 0 saturated carbocycles. The summed E-state index contributed by atoms with van der Waals surface area (Å²) in [6.07, 6.45) is 2.95. The Morgan fingerprint density at radius 1 is 0.953 bits per heavy atom. The number of halogens is 1. The minimum Gasteiger partial charge on any atom is -0.406 e. The molecule has 0 spiro atoms. The second kappa shape index (κ2) is 13.8. The number of thioether (sulfide) groups is 1. The van der Waals surface area contributed by atoms with Crippen molar-refractivity contribution in [2.75, 3.05) is 12.4 Å². The van der Waals surface area contributed by atoms with Crippen molar-refractivity contribution in [1.29, 1.82) is 0 Å². The Morgan fingerprint density at radius 3 is 2.09 bits per heavy atom. The Bertz CT molecular complexity index is 1600. The molecule has 9 heteroatoms. The van der Waals surface area contributed by atoms with Crippen LogP contribution in [0.1, 0.15) is 37.9 Å². The molecular formula is C34H37BrN2O4SSi. The van der Waals surface area contributed by atoms with Crippen LogP contribution in [0.15, 0.2) is 112 Å². The third kappa shape index (κ3) is 6.76. The van der Waals surface area contributed by atoms with Gasteiger partial charge < -0.3 is 9.16 Å². The van der Waals surface area contributed by atoms with Gasteiger partial charge in [-0.15, -0.1) is 0 Å². The molecular weight excluding hydrogens is 640 g/mol. The van der Waals surface area contributed by atoms with E-state index in [0.717, 1.165) is 5.56 Å². The molecule has 1 aliphatic heterocycles. The molecule has 2 heterocycles. The summed E-state index contributed by atoms with van der Waals surface area (Å²) in [6.45, 7) is 7.68. The van der Waals surface area contributed by atoms with Gasteiger partial charge in [-0.1, -0.05) is 128 Å². The molecule has 0 unspecified atom stereocenters. The van der Waals surface area contributed by atoms with Gasteiger partial charge in [0.1, 0.15) is 0 Å². The quantitative estimate of drug-likeness (QED) is 0.218.